The molecule has 4 nitrogen and oxygen atoms in total. The topological polar surface area (TPSA) is 52.1 Å². The predicted octanol–water partition coefficient (Wildman–Crippen LogP) is 3.05. The van der Waals surface area contributed by atoms with Crippen LogP contribution in [0, 0.1) is 0 Å². The lowest BCUT2D eigenvalue weighted by atomic mass is 10.1. The number of esters is 1. The Morgan fingerprint density at radius 1 is 1.50 bits per heavy atom. The summed E-state index contributed by atoms with van der Waals surface area (Å²) in [6, 6.07) is 0. The molecule has 0 bridgehead atoms. The molecule has 0 atom stereocenters. The number of halogens is 1. The predicted molar refractivity (Wildman–Crippen MR) is 68.8 cm³/mol. The van der Waals surface area contributed by atoms with Gasteiger partial charge in [-0.2, -0.15) is 0 Å². The largest absolute Gasteiger partial charge is 0.462 e. The zero-order chi connectivity index (χ0) is 13.0. The molecule has 0 aliphatic heterocycles. The fourth-order valence-electron chi connectivity index (χ4n) is 2.29. The number of ether oxygens (including phenoxy) is 1. The molecular weight excluding hydrogens is 252 g/mol. The molecule has 0 aromatic carbocycles. The maximum atomic E-state index is 11.7. The highest BCUT2D eigenvalue weighted by atomic mass is 35.5. The number of hydrogen-bond acceptors (Lipinski definition) is 4. The van der Waals surface area contributed by atoms with Gasteiger partial charge in [-0.05, 0) is 19.8 Å². The first-order valence-corrected chi connectivity index (χ1v) is 6.88. The third-order valence-corrected chi connectivity index (χ3v) is 3.48. The Morgan fingerprint density at radius 3 is 2.83 bits per heavy atom. The van der Waals surface area contributed by atoms with E-state index in [9.17, 15) is 4.79 Å². The molecule has 0 unspecified atom stereocenters. The van der Waals surface area contributed by atoms with Crippen LogP contribution < -0.4 is 0 Å². The third-order valence-electron chi connectivity index (χ3n) is 3.23. The van der Waals surface area contributed by atoms with Gasteiger partial charge in [-0.25, -0.2) is 14.8 Å². The second kappa shape index (κ2) is 6.14. The van der Waals surface area contributed by atoms with Crippen LogP contribution in [0.2, 0.25) is 0 Å². The summed E-state index contributed by atoms with van der Waals surface area (Å²) in [6.07, 6.45) is 6.26. The summed E-state index contributed by atoms with van der Waals surface area (Å²) in [7, 11) is 0. The summed E-state index contributed by atoms with van der Waals surface area (Å²) in [5.74, 6) is 1.04. The Balaban J connectivity index is 2.24. The molecule has 1 aromatic heterocycles. The molecular formula is C13H17ClN2O2. The summed E-state index contributed by atoms with van der Waals surface area (Å²) in [6.45, 7) is 2.11. The first kappa shape index (κ1) is 13.3. The molecule has 2 rings (SSSR count). The molecule has 0 saturated heterocycles. The van der Waals surface area contributed by atoms with Crippen LogP contribution in [0.1, 0.15) is 60.4 Å². The first-order valence-electron chi connectivity index (χ1n) is 6.35. The quantitative estimate of drug-likeness (QED) is 0.622. The van der Waals surface area contributed by atoms with E-state index in [0.29, 0.717) is 23.8 Å². The Labute approximate surface area is 112 Å². The molecule has 5 heteroatoms. The highest BCUT2D eigenvalue weighted by Crippen LogP contribution is 2.32. The van der Waals surface area contributed by atoms with Crippen molar-refractivity contribution in [2.75, 3.05) is 6.61 Å². The molecule has 1 fully saturated rings. The van der Waals surface area contributed by atoms with Crippen LogP contribution in [-0.4, -0.2) is 22.5 Å². The van der Waals surface area contributed by atoms with Crippen LogP contribution in [-0.2, 0) is 10.6 Å². The van der Waals surface area contributed by atoms with E-state index >= 15 is 0 Å². The van der Waals surface area contributed by atoms with Gasteiger partial charge in [0.2, 0.25) is 0 Å². The molecule has 0 N–H and O–H groups in total. The van der Waals surface area contributed by atoms with Crippen LogP contribution in [0.5, 0.6) is 0 Å². The second-order valence-electron chi connectivity index (χ2n) is 4.42. The fraction of sp³-hybridized carbons (Fsp3) is 0.615. The van der Waals surface area contributed by atoms with Gasteiger partial charge in [-0.3, -0.25) is 0 Å². The smallest absolute Gasteiger partial charge is 0.341 e. The Bertz CT molecular complexity index is 431. The van der Waals surface area contributed by atoms with Crippen molar-refractivity contribution < 1.29 is 9.53 Å². The number of rotatable bonds is 4. The number of nitrogens with zero attached hydrogens (tertiary/aromatic N) is 2. The van der Waals surface area contributed by atoms with Gasteiger partial charge in [0.15, 0.2) is 0 Å². The minimum atomic E-state index is -0.397. The van der Waals surface area contributed by atoms with Crippen molar-refractivity contribution in [3.8, 4) is 0 Å². The standard InChI is InChI=1S/C13H17ClN2O2/c1-2-18-13(17)10-8-15-12(16-11(10)7-14)9-5-3-4-6-9/h8-9H,2-7H2,1H3. The summed E-state index contributed by atoms with van der Waals surface area (Å²) in [5.41, 5.74) is 0.959. The maximum absolute atomic E-state index is 11.7. The molecule has 18 heavy (non-hydrogen) atoms. The monoisotopic (exact) mass is 268 g/mol. The lowest BCUT2D eigenvalue weighted by Gasteiger charge is -2.11. The molecule has 0 amide bonds. The van der Waals surface area contributed by atoms with Crippen molar-refractivity contribution in [1.29, 1.82) is 0 Å². The highest BCUT2D eigenvalue weighted by Gasteiger charge is 2.22. The highest BCUT2D eigenvalue weighted by molar-refractivity contribution is 6.17. The van der Waals surface area contributed by atoms with Gasteiger partial charge in [0.05, 0.1) is 18.2 Å². The lowest BCUT2D eigenvalue weighted by Crippen LogP contribution is -2.12. The van der Waals surface area contributed by atoms with Gasteiger partial charge in [0.25, 0.3) is 0 Å². The molecule has 0 spiro atoms. The zero-order valence-corrected chi connectivity index (χ0v) is 11.2. The summed E-state index contributed by atoms with van der Waals surface area (Å²) in [5, 5.41) is 0. The Kier molecular flexibility index (Phi) is 4.53. The Morgan fingerprint density at radius 2 is 2.22 bits per heavy atom. The number of carbonyl (C=O) groups is 1. The summed E-state index contributed by atoms with van der Waals surface area (Å²) < 4.78 is 4.96. The van der Waals surface area contributed by atoms with E-state index in [4.69, 9.17) is 16.3 Å². The van der Waals surface area contributed by atoms with E-state index < -0.39 is 5.97 Å². The van der Waals surface area contributed by atoms with E-state index in [-0.39, 0.29) is 5.88 Å². The molecule has 1 saturated carbocycles. The van der Waals surface area contributed by atoms with E-state index in [1.54, 1.807) is 13.1 Å². The van der Waals surface area contributed by atoms with Crippen LogP contribution in [0.15, 0.2) is 6.20 Å². The fourth-order valence-corrected chi connectivity index (χ4v) is 2.50. The molecule has 1 heterocycles. The number of aromatic nitrogens is 2. The minimum absolute atomic E-state index is 0.205. The molecule has 1 aromatic rings. The Hall–Kier alpha value is -1.16. The second-order valence-corrected chi connectivity index (χ2v) is 4.69. The van der Waals surface area contributed by atoms with Gasteiger partial charge >= 0.3 is 5.97 Å². The zero-order valence-electron chi connectivity index (χ0n) is 10.5. The van der Waals surface area contributed by atoms with Gasteiger partial charge < -0.3 is 4.74 Å². The van der Waals surface area contributed by atoms with Gasteiger partial charge in [0, 0.05) is 12.1 Å². The van der Waals surface area contributed by atoms with Crippen LogP contribution in [0.25, 0.3) is 0 Å². The van der Waals surface area contributed by atoms with Crippen LogP contribution in [0.4, 0.5) is 0 Å². The summed E-state index contributed by atoms with van der Waals surface area (Å²) >= 11 is 5.86. The number of alkyl halides is 1. The van der Waals surface area contributed by atoms with Crippen molar-refractivity contribution in [2.45, 2.75) is 44.4 Å². The molecule has 98 valence electrons. The normalized spacial score (nSPS) is 15.9. The minimum Gasteiger partial charge on any atom is -0.462 e. The maximum Gasteiger partial charge on any atom is 0.341 e. The van der Waals surface area contributed by atoms with Crippen molar-refractivity contribution >= 4 is 17.6 Å². The van der Waals surface area contributed by atoms with Crippen molar-refractivity contribution in [2.24, 2.45) is 0 Å². The van der Waals surface area contributed by atoms with Crippen molar-refractivity contribution in [3.05, 3.63) is 23.3 Å². The number of hydrogen-bond donors (Lipinski definition) is 0. The van der Waals surface area contributed by atoms with Gasteiger partial charge in [-0.15, -0.1) is 11.6 Å². The molecule has 0 radical (unpaired) electrons. The lowest BCUT2D eigenvalue weighted by molar-refractivity contribution is 0.0524. The average Bonchev–Trinajstić information content (AvgIpc) is 2.92. The van der Waals surface area contributed by atoms with Crippen molar-refractivity contribution in [3.63, 3.8) is 0 Å². The van der Waals surface area contributed by atoms with Crippen LogP contribution in [0.3, 0.4) is 0 Å². The van der Waals surface area contributed by atoms with Gasteiger partial charge in [0.1, 0.15) is 11.4 Å². The van der Waals surface area contributed by atoms with Gasteiger partial charge in [-0.1, -0.05) is 12.8 Å². The first-order chi connectivity index (χ1) is 8.76. The van der Waals surface area contributed by atoms with E-state index in [2.05, 4.69) is 9.97 Å². The SMILES string of the molecule is CCOC(=O)c1cnc(C2CCCC2)nc1CCl. The number of carbonyl (C=O) groups excluding carboxylic acids is 1. The van der Waals surface area contributed by atoms with E-state index in [1.807, 2.05) is 0 Å². The summed E-state index contributed by atoms with van der Waals surface area (Å²) in [4.78, 5) is 20.4. The van der Waals surface area contributed by atoms with Crippen molar-refractivity contribution in [1.82, 2.24) is 9.97 Å². The van der Waals surface area contributed by atoms with Crippen LogP contribution >= 0.6 is 11.6 Å². The molecule has 1 aliphatic carbocycles. The molecule has 1 aliphatic rings. The van der Waals surface area contributed by atoms with E-state index in [0.717, 1.165) is 18.7 Å². The van der Waals surface area contributed by atoms with E-state index in [1.165, 1.54) is 12.8 Å². The third kappa shape index (κ3) is 2.80. The average molecular weight is 269 g/mol.